The summed E-state index contributed by atoms with van der Waals surface area (Å²) >= 11 is 0. The first-order valence-corrected chi connectivity index (χ1v) is 22.0. The zero-order valence-corrected chi connectivity index (χ0v) is 37.0. The molecule has 7 heteroatoms. The minimum absolute atomic E-state index is 0.660. The highest BCUT2D eigenvalue weighted by molar-refractivity contribution is 5.80. The molecule has 0 saturated carbocycles. The van der Waals surface area contributed by atoms with Gasteiger partial charge in [0.05, 0.1) is 0 Å². The summed E-state index contributed by atoms with van der Waals surface area (Å²) in [6, 6.07) is 57.0. The van der Waals surface area contributed by atoms with Crippen molar-refractivity contribution in [2.45, 2.75) is 34.1 Å². The van der Waals surface area contributed by atoms with E-state index >= 15 is 0 Å². The van der Waals surface area contributed by atoms with E-state index in [4.69, 9.17) is 4.98 Å². The molecule has 0 atom stereocenters. The molecule has 0 aliphatic carbocycles. The number of hydrogen-bond acceptors (Lipinski definition) is 7. The molecule has 10 aromatic rings. The molecular weight excluding hydrogens is 795 g/mol. The number of benzene rings is 5. The lowest BCUT2D eigenvalue weighted by Crippen LogP contribution is -1.99. The fourth-order valence-corrected chi connectivity index (χ4v) is 7.58. The van der Waals surface area contributed by atoms with Gasteiger partial charge in [-0.3, -0.25) is 19.9 Å². The molecule has 0 bridgehead atoms. The second kappa shape index (κ2) is 21.2. The Labute approximate surface area is 381 Å². The molecule has 0 aliphatic heterocycles. The first kappa shape index (κ1) is 43.4. The average Bonchev–Trinajstić information content (AvgIpc) is 3.40. The van der Waals surface area contributed by atoms with Crippen LogP contribution in [0.15, 0.2) is 213 Å². The average molecular weight is 844 g/mol. The van der Waals surface area contributed by atoms with Gasteiger partial charge in [-0.05, 0) is 165 Å². The second-order valence-electron chi connectivity index (χ2n) is 15.1. The largest absolute Gasteiger partial charge is 0.265 e. The van der Waals surface area contributed by atoms with Crippen molar-refractivity contribution in [3.8, 4) is 89.5 Å². The maximum absolute atomic E-state index is 4.80. The van der Waals surface area contributed by atoms with Crippen molar-refractivity contribution >= 4 is 0 Å². The van der Waals surface area contributed by atoms with Crippen molar-refractivity contribution in [3.63, 3.8) is 0 Å². The Bertz CT molecular complexity index is 2900. The van der Waals surface area contributed by atoms with E-state index in [1.807, 2.05) is 94.1 Å². The van der Waals surface area contributed by atoms with Crippen molar-refractivity contribution in [2.24, 2.45) is 0 Å². The van der Waals surface area contributed by atoms with Crippen molar-refractivity contribution in [3.05, 3.63) is 225 Å². The van der Waals surface area contributed by atoms with Crippen LogP contribution in [0.1, 0.15) is 32.2 Å². The zero-order valence-electron chi connectivity index (χ0n) is 37.0. The molecular formula is C58H49N7. The molecule has 0 fully saturated rings. The molecule has 0 unspecified atom stereocenters. The van der Waals surface area contributed by atoms with Crippen LogP contribution in [0, 0.1) is 6.92 Å². The van der Waals surface area contributed by atoms with Gasteiger partial charge in [0.15, 0.2) is 11.6 Å². The first-order chi connectivity index (χ1) is 32.1. The van der Waals surface area contributed by atoms with Gasteiger partial charge in [-0.2, -0.15) is 0 Å². The van der Waals surface area contributed by atoms with Crippen molar-refractivity contribution in [1.82, 2.24) is 34.9 Å². The van der Waals surface area contributed by atoms with Crippen LogP contribution in [-0.4, -0.2) is 34.9 Å². The van der Waals surface area contributed by atoms with E-state index in [9.17, 15) is 0 Å². The van der Waals surface area contributed by atoms with E-state index in [1.54, 1.807) is 24.8 Å². The fourth-order valence-electron chi connectivity index (χ4n) is 7.58. The number of aryl methyl sites for hydroxylation is 2. The number of hydrogen-bond donors (Lipinski definition) is 0. The van der Waals surface area contributed by atoms with E-state index in [0.29, 0.717) is 17.5 Å². The Balaban J connectivity index is 0.000000171. The summed E-state index contributed by atoms with van der Waals surface area (Å²) < 4.78 is 0. The predicted molar refractivity (Wildman–Crippen MR) is 266 cm³/mol. The van der Waals surface area contributed by atoms with Crippen LogP contribution in [0.25, 0.3) is 89.5 Å². The Morgan fingerprint density at radius 3 is 0.862 bits per heavy atom. The highest BCUT2D eigenvalue weighted by Crippen LogP contribution is 2.33. The van der Waals surface area contributed by atoms with E-state index in [2.05, 4.69) is 152 Å². The summed E-state index contributed by atoms with van der Waals surface area (Å²) in [6.45, 7) is 8.11. The molecule has 0 aliphatic rings. The molecule has 0 N–H and O–H groups in total. The van der Waals surface area contributed by atoms with Crippen LogP contribution in [-0.2, 0) is 6.42 Å². The van der Waals surface area contributed by atoms with Gasteiger partial charge in [0.2, 0.25) is 0 Å². The van der Waals surface area contributed by atoms with Gasteiger partial charge in [-0.15, -0.1) is 0 Å². The third-order valence-corrected chi connectivity index (χ3v) is 10.8. The number of nitrogens with zero attached hydrogens (tertiary/aromatic N) is 7. The lowest BCUT2D eigenvalue weighted by molar-refractivity contribution is 0.992. The molecule has 316 valence electrons. The lowest BCUT2D eigenvalue weighted by Gasteiger charge is -2.12. The molecule has 0 spiro atoms. The van der Waals surface area contributed by atoms with Crippen LogP contribution < -0.4 is 0 Å². The summed E-state index contributed by atoms with van der Waals surface area (Å²) in [5.41, 5.74) is 17.3. The topological polar surface area (TPSA) is 90.2 Å². The summed E-state index contributed by atoms with van der Waals surface area (Å²) in [5, 5.41) is 0. The minimum atomic E-state index is 0.660. The summed E-state index contributed by atoms with van der Waals surface area (Å²) in [7, 11) is 0. The Morgan fingerprint density at radius 1 is 0.292 bits per heavy atom. The minimum Gasteiger partial charge on any atom is -0.265 e. The van der Waals surface area contributed by atoms with Gasteiger partial charge >= 0.3 is 0 Å². The number of aromatic nitrogens is 7. The van der Waals surface area contributed by atoms with Gasteiger partial charge in [-0.1, -0.05) is 106 Å². The Morgan fingerprint density at radius 2 is 0.554 bits per heavy atom. The highest BCUT2D eigenvalue weighted by atomic mass is 15.0. The van der Waals surface area contributed by atoms with Crippen LogP contribution in [0.4, 0.5) is 0 Å². The monoisotopic (exact) mass is 843 g/mol. The fraction of sp³-hybridized carbons (Fsp3) is 0.0862. The molecule has 0 amide bonds. The molecule has 5 aromatic heterocycles. The normalized spacial score (nSPS) is 10.5. The number of pyridine rings is 4. The summed E-state index contributed by atoms with van der Waals surface area (Å²) in [4.78, 5) is 30.5. The van der Waals surface area contributed by atoms with E-state index in [1.165, 1.54) is 50.1 Å². The third-order valence-electron chi connectivity index (χ3n) is 10.8. The molecule has 65 heavy (non-hydrogen) atoms. The second-order valence-corrected chi connectivity index (χ2v) is 15.1. The van der Waals surface area contributed by atoms with Gasteiger partial charge in [-0.25, -0.2) is 15.0 Å². The maximum atomic E-state index is 4.80. The smallest absolute Gasteiger partial charge is 0.163 e. The quantitative estimate of drug-likeness (QED) is 0.143. The van der Waals surface area contributed by atoms with E-state index in [0.717, 1.165) is 39.8 Å². The summed E-state index contributed by atoms with van der Waals surface area (Å²) in [5.74, 6) is 2.00. The first-order valence-electron chi connectivity index (χ1n) is 22.0. The van der Waals surface area contributed by atoms with Gasteiger partial charge in [0, 0.05) is 60.7 Å². The van der Waals surface area contributed by atoms with Crippen molar-refractivity contribution in [2.75, 3.05) is 0 Å². The lowest BCUT2D eigenvalue weighted by atomic mass is 9.92. The SMILES string of the molecule is CC.CCc1cc(-c2cccc(-c3ccncc3)c2)cc(-c2cccc(-c3ccncc3)c2)c1.Cc1nc(-c2cccc(-c3ccncc3)c2)nc(-c2cccc(-c3ccncc3)c2)n1. The van der Waals surface area contributed by atoms with Crippen LogP contribution >= 0.6 is 0 Å². The molecule has 5 heterocycles. The van der Waals surface area contributed by atoms with Crippen molar-refractivity contribution < 1.29 is 0 Å². The molecule has 0 saturated heterocycles. The van der Waals surface area contributed by atoms with Crippen LogP contribution in [0.5, 0.6) is 0 Å². The zero-order chi connectivity index (χ0) is 44.8. The molecule has 0 radical (unpaired) electrons. The molecule has 7 nitrogen and oxygen atoms in total. The van der Waals surface area contributed by atoms with Gasteiger partial charge in [0.25, 0.3) is 0 Å². The van der Waals surface area contributed by atoms with E-state index < -0.39 is 0 Å². The molecule has 10 rings (SSSR count). The standard InChI is InChI=1S/C30H24N2.C26H19N5.C2H6/c1-2-22-17-29(27-7-3-5-25(19-27)23-9-13-31-14-10-23)21-30(18-22)28-8-4-6-26(20-28)24-11-15-32-16-12-24;1-18-29-25(23-6-2-4-21(16-23)19-8-12-27-13-9-19)31-26(30-18)24-7-3-5-22(17-24)20-10-14-28-15-11-20;1-2/h3-21H,2H2,1H3;2-17H,1H3;1-2H3. The highest BCUT2D eigenvalue weighted by Gasteiger charge is 2.12. The Hall–Kier alpha value is -8.29. The van der Waals surface area contributed by atoms with Crippen LogP contribution in [0.2, 0.25) is 0 Å². The third kappa shape index (κ3) is 10.8. The van der Waals surface area contributed by atoms with Crippen LogP contribution in [0.3, 0.4) is 0 Å². The molecule has 5 aromatic carbocycles. The van der Waals surface area contributed by atoms with Crippen molar-refractivity contribution in [1.29, 1.82) is 0 Å². The maximum Gasteiger partial charge on any atom is 0.163 e. The number of rotatable bonds is 9. The Kier molecular flexibility index (Phi) is 14.1. The van der Waals surface area contributed by atoms with Gasteiger partial charge in [0.1, 0.15) is 5.82 Å². The predicted octanol–water partition coefficient (Wildman–Crippen LogP) is 14.4. The van der Waals surface area contributed by atoms with Gasteiger partial charge < -0.3 is 0 Å². The van der Waals surface area contributed by atoms with E-state index in [-0.39, 0.29) is 0 Å². The summed E-state index contributed by atoms with van der Waals surface area (Å²) in [6.07, 6.45) is 15.5.